The summed E-state index contributed by atoms with van der Waals surface area (Å²) in [6.07, 6.45) is 0. The first-order valence-electron chi connectivity index (χ1n) is 6.62. The first-order valence-corrected chi connectivity index (χ1v) is 7.41. The van der Waals surface area contributed by atoms with E-state index in [1.54, 1.807) is 18.2 Å². The summed E-state index contributed by atoms with van der Waals surface area (Å²) in [5.74, 6) is -0.791. The molecule has 0 fully saturated rings. The summed E-state index contributed by atoms with van der Waals surface area (Å²) >= 11 is 3.36. The van der Waals surface area contributed by atoms with Gasteiger partial charge >= 0.3 is 11.9 Å². The fourth-order valence-electron chi connectivity index (χ4n) is 2.21. The van der Waals surface area contributed by atoms with E-state index in [0.29, 0.717) is 11.4 Å². The van der Waals surface area contributed by atoms with Gasteiger partial charge in [0.05, 0.1) is 39.2 Å². The van der Waals surface area contributed by atoms with E-state index in [1.807, 2.05) is 0 Å². The summed E-state index contributed by atoms with van der Waals surface area (Å²) in [6.45, 7) is 0.0371. The van der Waals surface area contributed by atoms with Gasteiger partial charge in [-0.3, -0.25) is 0 Å². The Morgan fingerprint density at radius 2 is 1.87 bits per heavy atom. The second kappa shape index (κ2) is 7.47. The Morgan fingerprint density at radius 3 is 2.48 bits per heavy atom. The number of halogens is 1. The van der Waals surface area contributed by atoms with Gasteiger partial charge in [0.15, 0.2) is 0 Å². The van der Waals surface area contributed by atoms with Crippen LogP contribution in [0.2, 0.25) is 0 Å². The van der Waals surface area contributed by atoms with E-state index in [2.05, 4.69) is 15.9 Å². The van der Waals surface area contributed by atoms with E-state index in [0.717, 1.165) is 4.47 Å². The molecule has 0 saturated heterocycles. The van der Waals surface area contributed by atoms with Gasteiger partial charge in [-0.25, -0.2) is 9.59 Å². The smallest absolute Gasteiger partial charge is 0.355 e. The van der Waals surface area contributed by atoms with Crippen LogP contribution in [0.4, 0.5) is 5.69 Å². The Morgan fingerprint density at radius 1 is 1.17 bits per heavy atom. The average molecular weight is 386 g/mol. The number of carbonyl (C=O) groups is 2. The van der Waals surface area contributed by atoms with Crippen molar-refractivity contribution in [3.8, 4) is 5.75 Å². The molecule has 2 rings (SSSR count). The normalized spacial score (nSPS) is 14.5. The number of benzene rings is 1. The Balaban J connectivity index is 2.60. The van der Waals surface area contributed by atoms with Gasteiger partial charge in [-0.15, -0.1) is 0 Å². The second-order valence-electron chi connectivity index (χ2n) is 4.53. The number of nitrogens with zero attached hydrogens (tertiary/aromatic N) is 1. The summed E-state index contributed by atoms with van der Waals surface area (Å²) < 4.78 is 21.1. The molecule has 1 aliphatic rings. The van der Waals surface area contributed by atoms with Crippen LogP contribution in [0.25, 0.3) is 0 Å². The van der Waals surface area contributed by atoms with Gasteiger partial charge in [0.25, 0.3) is 0 Å². The molecule has 1 heterocycles. The van der Waals surface area contributed by atoms with Crippen molar-refractivity contribution in [1.82, 2.24) is 0 Å². The number of hydrogen-bond donors (Lipinski definition) is 0. The SMILES string of the molecule is COC(=O)C1=C(C(=O)OC)N(c2ccc(Br)cc2OC)COC1. The lowest BCUT2D eigenvalue weighted by Gasteiger charge is -2.32. The molecule has 7 nitrogen and oxygen atoms in total. The molecular weight excluding hydrogens is 370 g/mol. The third-order valence-corrected chi connectivity index (χ3v) is 3.76. The highest BCUT2D eigenvalue weighted by Crippen LogP contribution is 2.35. The van der Waals surface area contributed by atoms with Crippen LogP contribution in [0.1, 0.15) is 0 Å². The molecular formula is C15H16BrNO6. The molecule has 0 bridgehead atoms. The number of rotatable bonds is 4. The zero-order valence-electron chi connectivity index (χ0n) is 12.9. The van der Waals surface area contributed by atoms with Crippen molar-refractivity contribution < 1.29 is 28.5 Å². The Kier molecular flexibility index (Phi) is 5.62. The molecule has 0 saturated carbocycles. The number of carbonyl (C=O) groups excluding carboxylic acids is 2. The number of esters is 2. The highest BCUT2D eigenvalue weighted by molar-refractivity contribution is 9.10. The maximum absolute atomic E-state index is 12.2. The molecule has 0 N–H and O–H groups in total. The van der Waals surface area contributed by atoms with Crippen LogP contribution in [0.15, 0.2) is 33.9 Å². The van der Waals surface area contributed by atoms with Crippen LogP contribution in [-0.2, 0) is 23.8 Å². The molecule has 0 atom stereocenters. The summed E-state index contributed by atoms with van der Waals surface area (Å²) in [5, 5.41) is 0. The number of anilines is 1. The van der Waals surface area contributed by atoms with Crippen molar-refractivity contribution in [2.45, 2.75) is 0 Å². The van der Waals surface area contributed by atoms with E-state index in [4.69, 9.17) is 18.9 Å². The van der Waals surface area contributed by atoms with E-state index in [1.165, 1.54) is 26.2 Å². The summed E-state index contributed by atoms with van der Waals surface area (Å²) in [6, 6.07) is 5.28. The molecule has 1 aliphatic heterocycles. The molecule has 1 aromatic rings. The standard InChI is InChI=1S/C15H16BrNO6/c1-20-12-6-9(16)4-5-11(12)17-8-23-7-10(14(18)21-2)13(17)15(19)22-3/h4-6H,7-8H2,1-3H3. The minimum atomic E-state index is -0.654. The van der Waals surface area contributed by atoms with Crippen LogP contribution in [0.3, 0.4) is 0 Å². The fraction of sp³-hybridized carbons (Fsp3) is 0.333. The van der Waals surface area contributed by atoms with Crippen molar-refractivity contribution in [2.24, 2.45) is 0 Å². The van der Waals surface area contributed by atoms with E-state index in [9.17, 15) is 9.59 Å². The molecule has 1 aromatic carbocycles. The van der Waals surface area contributed by atoms with Gasteiger partial charge in [-0.2, -0.15) is 0 Å². The lowest BCUT2D eigenvalue weighted by atomic mass is 10.1. The maximum atomic E-state index is 12.2. The van der Waals surface area contributed by atoms with Gasteiger partial charge in [-0.05, 0) is 18.2 Å². The van der Waals surface area contributed by atoms with Crippen molar-refractivity contribution in [3.05, 3.63) is 33.9 Å². The van der Waals surface area contributed by atoms with E-state index in [-0.39, 0.29) is 24.6 Å². The van der Waals surface area contributed by atoms with Gasteiger partial charge in [-0.1, -0.05) is 15.9 Å². The number of ether oxygens (including phenoxy) is 4. The Bertz CT molecular complexity index is 657. The van der Waals surface area contributed by atoms with Crippen molar-refractivity contribution in [3.63, 3.8) is 0 Å². The third kappa shape index (κ3) is 3.48. The highest BCUT2D eigenvalue weighted by atomic mass is 79.9. The summed E-state index contributed by atoms with van der Waals surface area (Å²) in [7, 11) is 4.00. The summed E-state index contributed by atoms with van der Waals surface area (Å²) in [4.78, 5) is 25.7. The lowest BCUT2D eigenvalue weighted by molar-refractivity contribution is -0.140. The summed E-state index contributed by atoms with van der Waals surface area (Å²) in [5.41, 5.74) is 0.735. The van der Waals surface area contributed by atoms with E-state index < -0.39 is 11.9 Å². The number of hydrogen-bond acceptors (Lipinski definition) is 7. The van der Waals surface area contributed by atoms with Crippen molar-refractivity contribution in [2.75, 3.05) is 39.6 Å². The van der Waals surface area contributed by atoms with Crippen LogP contribution >= 0.6 is 15.9 Å². The zero-order chi connectivity index (χ0) is 17.0. The predicted molar refractivity (Wildman–Crippen MR) is 85.1 cm³/mol. The van der Waals surface area contributed by atoms with Crippen molar-refractivity contribution >= 4 is 33.6 Å². The van der Waals surface area contributed by atoms with E-state index >= 15 is 0 Å². The predicted octanol–water partition coefficient (Wildman–Crippen LogP) is 1.85. The minimum absolute atomic E-state index is 0.0353. The molecule has 124 valence electrons. The molecule has 8 heteroatoms. The molecule has 23 heavy (non-hydrogen) atoms. The third-order valence-electron chi connectivity index (χ3n) is 3.27. The Labute approximate surface area is 141 Å². The largest absolute Gasteiger partial charge is 0.495 e. The van der Waals surface area contributed by atoms with Gasteiger partial charge in [0, 0.05) is 4.47 Å². The first kappa shape index (κ1) is 17.3. The molecule has 0 aliphatic carbocycles. The van der Waals surface area contributed by atoms with Crippen LogP contribution < -0.4 is 9.64 Å². The maximum Gasteiger partial charge on any atom is 0.355 e. The molecule has 0 radical (unpaired) electrons. The zero-order valence-corrected chi connectivity index (χ0v) is 14.5. The molecule has 0 spiro atoms. The topological polar surface area (TPSA) is 74.3 Å². The highest BCUT2D eigenvalue weighted by Gasteiger charge is 2.33. The number of methoxy groups -OCH3 is 3. The monoisotopic (exact) mass is 385 g/mol. The minimum Gasteiger partial charge on any atom is -0.495 e. The van der Waals surface area contributed by atoms with Gasteiger partial charge in [0.1, 0.15) is 18.2 Å². The van der Waals surface area contributed by atoms with Crippen molar-refractivity contribution in [1.29, 1.82) is 0 Å². The molecule has 0 aromatic heterocycles. The first-order chi connectivity index (χ1) is 11.0. The van der Waals surface area contributed by atoms with Crippen LogP contribution in [0, 0.1) is 0 Å². The quantitative estimate of drug-likeness (QED) is 0.732. The van der Waals surface area contributed by atoms with Gasteiger partial charge in [0.2, 0.25) is 0 Å². The second-order valence-corrected chi connectivity index (χ2v) is 5.45. The molecule has 0 amide bonds. The van der Waals surface area contributed by atoms with Crippen LogP contribution in [0.5, 0.6) is 5.75 Å². The van der Waals surface area contributed by atoms with Crippen LogP contribution in [-0.4, -0.2) is 46.6 Å². The van der Waals surface area contributed by atoms with Gasteiger partial charge < -0.3 is 23.8 Å². The average Bonchev–Trinajstić information content (AvgIpc) is 2.59. The lowest BCUT2D eigenvalue weighted by Crippen LogP contribution is -2.39. The molecule has 0 unspecified atom stereocenters. The Hall–Kier alpha value is -2.06. The fourth-order valence-corrected chi connectivity index (χ4v) is 2.55.